The minimum absolute atomic E-state index is 0.0742. The Morgan fingerprint density at radius 1 is 1.20 bits per heavy atom. The molecule has 0 atom stereocenters. The van der Waals surface area contributed by atoms with E-state index in [-0.39, 0.29) is 28.5 Å². The van der Waals surface area contributed by atoms with E-state index in [4.69, 9.17) is 17.3 Å². The van der Waals surface area contributed by atoms with Crippen LogP contribution in [0.25, 0.3) is 0 Å². The summed E-state index contributed by atoms with van der Waals surface area (Å²) in [6, 6.07) is 6.84. The Labute approximate surface area is 146 Å². The highest BCUT2D eigenvalue weighted by atomic mass is 32.1. The molecule has 4 nitrogen and oxygen atoms in total. The molecule has 2 aromatic carbocycles. The molecule has 0 aromatic heterocycles. The number of aliphatic carboxylic acids is 1. The zero-order valence-electron chi connectivity index (χ0n) is 12.7. The lowest BCUT2D eigenvalue weighted by atomic mass is 9.99. The number of benzene rings is 2. The highest BCUT2D eigenvalue weighted by Gasteiger charge is 2.27. The number of thiocarbonyl (C=S) groups is 1. The Morgan fingerprint density at radius 2 is 1.88 bits per heavy atom. The number of fused-ring (bicyclic) bond motifs is 1. The predicted octanol–water partition coefficient (Wildman–Crippen LogP) is 3.17. The van der Waals surface area contributed by atoms with Gasteiger partial charge in [-0.3, -0.25) is 9.79 Å². The van der Waals surface area contributed by atoms with Gasteiger partial charge in [-0.15, -0.1) is 0 Å². The third-order valence-electron chi connectivity index (χ3n) is 3.67. The third kappa shape index (κ3) is 3.25. The van der Waals surface area contributed by atoms with Gasteiger partial charge in [-0.2, -0.15) is 0 Å². The number of hydrogen-bond donors (Lipinski definition) is 1. The molecule has 0 aliphatic carbocycles. The van der Waals surface area contributed by atoms with Gasteiger partial charge >= 0.3 is 5.97 Å². The van der Waals surface area contributed by atoms with Gasteiger partial charge in [0, 0.05) is 5.56 Å². The van der Waals surface area contributed by atoms with Gasteiger partial charge in [0.15, 0.2) is 0 Å². The average Bonchev–Trinajstić information content (AvgIpc) is 2.66. The maximum Gasteiger partial charge on any atom is 0.323 e. The number of halogens is 3. The zero-order valence-corrected chi connectivity index (χ0v) is 13.5. The summed E-state index contributed by atoms with van der Waals surface area (Å²) in [5.74, 6) is -3.51. The molecular weight excluding hydrogens is 353 g/mol. The van der Waals surface area contributed by atoms with Crippen LogP contribution in [0.2, 0.25) is 0 Å². The van der Waals surface area contributed by atoms with Crippen molar-refractivity contribution in [3.8, 4) is 0 Å². The summed E-state index contributed by atoms with van der Waals surface area (Å²) >= 11 is 5.18. The van der Waals surface area contributed by atoms with Crippen LogP contribution < -0.4 is 4.90 Å². The van der Waals surface area contributed by atoms with Crippen molar-refractivity contribution in [3.05, 3.63) is 65.0 Å². The van der Waals surface area contributed by atoms with Gasteiger partial charge in [0.05, 0.1) is 23.5 Å². The van der Waals surface area contributed by atoms with E-state index in [1.807, 2.05) is 0 Å². The average molecular weight is 364 g/mol. The fraction of sp³-hybridized carbons (Fsp3) is 0.118. The number of aliphatic imine (C=N–C) groups is 1. The topological polar surface area (TPSA) is 52.9 Å². The van der Waals surface area contributed by atoms with Gasteiger partial charge in [-0.25, -0.2) is 13.2 Å². The van der Waals surface area contributed by atoms with E-state index in [0.29, 0.717) is 0 Å². The van der Waals surface area contributed by atoms with Gasteiger partial charge in [-0.1, -0.05) is 18.3 Å². The lowest BCUT2D eigenvalue weighted by Gasteiger charge is -2.23. The van der Waals surface area contributed by atoms with Crippen molar-refractivity contribution in [3.63, 3.8) is 0 Å². The normalized spacial score (nSPS) is 14.0. The van der Waals surface area contributed by atoms with E-state index in [0.717, 1.165) is 24.3 Å². The number of carbonyl (C=O) groups is 1. The van der Waals surface area contributed by atoms with E-state index < -0.39 is 35.5 Å². The summed E-state index contributed by atoms with van der Waals surface area (Å²) in [5.41, 5.74) is -0.215. The molecule has 0 unspecified atom stereocenters. The van der Waals surface area contributed by atoms with Crippen molar-refractivity contribution in [2.24, 2.45) is 4.99 Å². The molecule has 1 heterocycles. The van der Waals surface area contributed by atoms with E-state index in [9.17, 15) is 18.0 Å². The summed E-state index contributed by atoms with van der Waals surface area (Å²) in [6.07, 6.45) is 0. The number of rotatable bonds is 3. The second-order valence-corrected chi connectivity index (χ2v) is 5.77. The standard InChI is InChI=1S/C17H11F3N2O2S/c18-9-4-5-13-10(6-9)17(16-11(19)2-1-3-12(16)20)21-7-14(25)22(13)8-15(23)24/h1-6H,7-8H2,(H,23,24). The molecule has 0 amide bonds. The van der Waals surface area contributed by atoms with Crippen molar-refractivity contribution >= 4 is 34.6 Å². The van der Waals surface area contributed by atoms with Crippen molar-refractivity contribution in [2.75, 3.05) is 18.0 Å². The summed E-state index contributed by atoms with van der Waals surface area (Å²) < 4.78 is 42.2. The number of benzodiazepines with no additional fused rings is 1. The van der Waals surface area contributed by atoms with E-state index in [2.05, 4.69) is 4.99 Å². The zero-order chi connectivity index (χ0) is 18.1. The molecule has 0 radical (unpaired) electrons. The predicted molar refractivity (Wildman–Crippen MR) is 90.8 cm³/mol. The monoisotopic (exact) mass is 364 g/mol. The van der Waals surface area contributed by atoms with Gasteiger partial charge < -0.3 is 10.0 Å². The summed E-state index contributed by atoms with van der Waals surface area (Å²) in [4.78, 5) is 16.7. The highest BCUT2D eigenvalue weighted by Crippen LogP contribution is 2.29. The summed E-state index contributed by atoms with van der Waals surface area (Å²) in [5, 5.41) is 9.09. The number of nitrogens with zero attached hydrogens (tertiary/aromatic N) is 2. The molecule has 0 spiro atoms. The van der Waals surface area contributed by atoms with Gasteiger partial charge in [-0.05, 0) is 30.3 Å². The molecule has 25 heavy (non-hydrogen) atoms. The van der Waals surface area contributed by atoms with Crippen molar-refractivity contribution in [1.82, 2.24) is 0 Å². The molecule has 128 valence electrons. The largest absolute Gasteiger partial charge is 0.480 e. The first-order chi connectivity index (χ1) is 11.9. The number of carboxylic acid groups (broad SMARTS) is 1. The van der Waals surface area contributed by atoms with Crippen LogP contribution in [0, 0.1) is 17.5 Å². The third-order valence-corrected chi connectivity index (χ3v) is 4.02. The first kappa shape index (κ1) is 17.1. The molecule has 0 saturated heterocycles. The Morgan fingerprint density at radius 3 is 2.52 bits per heavy atom. The molecule has 3 rings (SSSR count). The van der Waals surface area contributed by atoms with Crippen LogP contribution >= 0.6 is 12.2 Å². The molecule has 1 N–H and O–H groups in total. The molecule has 1 aliphatic rings. The van der Waals surface area contributed by atoms with E-state index >= 15 is 0 Å². The maximum absolute atomic E-state index is 14.2. The first-order valence-corrected chi connectivity index (χ1v) is 7.60. The number of anilines is 1. The molecule has 0 saturated carbocycles. The fourth-order valence-corrected chi connectivity index (χ4v) is 2.86. The van der Waals surface area contributed by atoms with Crippen LogP contribution in [0.5, 0.6) is 0 Å². The molecule has 0 bridgehead atoms. The molecular formula is C17H11F3N2O2S. The van der Waals surface area contributed by atoms with E-state index in [1.54, 1.807) is 0 Å². The molecule has 2 aromatic rings. The van der Waals surface area contributed by atoms with Gasteiger partial charge in [0.1, 0.15) is 29.0 Å². The van der Waals surface area contributed by atoms with Crippen LogP contribution in [0.4, 0.5) is 18.9 Å². The number of hydrogen-bond acceptors (Lipinski definition) is 3. The Hall–Kier alpha value is -2.74. The van der Waals surface area contributed by atoms with Crippen LogP contribution in [0.3, 0.4) is 0 Å². The Bertz CT molecular complexity index is 895. The Kier molecular flexibility index (Phi) is 4.54. The molecule has 0 fully saturated rings. The fourth-order valence-electron chi connectivity index (χ4n) is 2.63. The van der Waals surface area contributed by atoms with Gasteiger partial charge in [0.2, 0.25) is 0 Å². The Balaban J connectivity index is 2.25. The second kappa shape index (κ2) is 6.64. The lowest BCUT2D eigenvalue weighted by molar-refractivity contribution is -0.135. The summed E-state index contributed by atoms with van der Waals surface area (Å²) in [6.45, 7) is -0.623. The van der Waals surface area contributed by atoms with Crippen LogP contribution in [0.1, 0.15) is 11.1 Å². The van der Waals surface area contributed by atoms with E-state index in [1.165, 1.54) is 17.0 Å². The molecule has 8 heteroatoms. The van der Waals surface area contributed by atoms with Crippen LogP contribution in [0.15, 0.2) is 41.4 Å². The van der Waals surface area contributed by atoms with Crippen molar-refractivity contribution in [2.45, 2.75) is 0 Å². The van der Waals surface area contributed by atoms with Gasteiger partial charge in [0.25, 0.3) is 0 Å². The maximum atomic E-state index is 14.2. The highest BCUT2D eigenvalue weighted by molar-refractivity contribution is 7.80. The summed E-state index contributed by atoms with van der Waals surface area (Å²) in [7, 11) is 0. The van der Waals surface area contributed by atoms with Crippen molar-refractivity contribution < 1.29 is 23.1 Å². The minimum atomic E-state index is -1.15. The number of carboxylic acids is 1. The minimum Gasteiger partial charge on any atom is -0.480 e. The smallest absolute Gasteiger partial charge is 0.323 e. The lowest BCUT2D eigenvalue weighted by Crippen LogP contribution is -2.35. The van der Waals surface area contributed by atoms with Crippen LogP contribution in [-0.2, 0) is 4.79 Å². The van der Waals surface area contributed by atoms with Crippen LogP contribution in [-0.4, -0.2) is 34.9 Å². The molecule has 1 aliphatic heterocycles. The second-order valence-electron chi connectivity index (χ2n) is 5.30. The SMILES string of the molecule is O=C(O)CN1C(=S)CN=C(c2c(F)cccc2F)c2cc(F)ccc21. The van der Waals surface area contributed by atoms with Crippen molar-refractivity contribution in [1.29, 1.82) is 0 Å². The quantitative estimate of drug-likeness (QED) is 0.850. The first-order valence-electron chi connectivity index (χ1n) is 7.19.